The molecular weight excluding hydrogens is 415 g/mol. The van der Waals surface area contributed by atoms with Crippen molar-refractivity contribution in [2.75, 3.05) is 27.2 Å². The number of benzene rings is 1. The third-order valence-electron chi connectivity index (χ3n) is 3.70. The first-order valence-electron chi connectivity index (χ1n) is 7.81. The first-order valence-corrected chi connectivity index (χ1v) is 7.81. The number of rotatable bonds is 6. The molecule has 0 atom stereocenters. The number of ether oxygens (including phenoxy) is 1. The molecular formula is C18H27IN4O. The van der Waals surface area contributed by atoms with E-state index in [4.69, 9.17) is 4.74 Å². The summed E-state index contributed by atoms with van der Waals surface area (Å²) in [7, 11) is 5.88. The molecule has 6 heteroatoms. The maximum absolute atomic E-state index is 5.72. The number of aryl methyl sites for hydroxylation is 2. The van der Waals surface area contributed by atoms with Crippen LogP contribution in [0.25, 0.3) is 0 Å². The second-order valence-electron chi connectivity index (χ2n) is 5.60. The fourth-order valence-corrected chi connectivity index (χ4v) is 2.33. The number of hydrogen-bond acceptors (Lipinski definition) is 2. The Hall–Kier alpha value is -1.70. The molecule has 0 aliphatic heterocycles. The Kier molecular flexibility index (Phi) is 8.67. The molecule has 0 radical (unpaired) electrons. The van der Waals surface area contributed by atoms with Gasteiger partial charge in [-0.1, -0.05) is 17.7 Å². The van der Waals surface area contributed by atoms with Gasteiger partial charge in [-0.05, 0) is 31.2 Å². The van der Waals surface area contributed by atoms with E-state index in [1.807, 2.05) is 19.2 Å². The van der Waals surface area contributed by atoms with Crippen molar-refractivity contribution in [3.8, 4) is 5.75 Å². The van der Waals surface area contributed by atoms with Gasteiger partial charge in [-0.2, -0.15) is 0 Å². The zero-order valence-electron chi connectivity index (χ0n) is 14.8. The van der Waals surface area contributed by atoms with Crippen LogP contribution < -0.4 is 10.1 Å². The van der Waals surface area contributed by atoms with Gasteiger partial charge in [0.05, 0.1) is 13.1 Å². The summed E-state index contributed by atoms with van der Waals surface area (Å²) in [6.07, 6.45) is 2.05. The second kappa shape index (κ2) is 10.2. The normalized spacial score (nSPS) is 10.9. The van der Waals surface area contributed by atoms with Crippen LogP contribution in [0.15, 0.2) is 47.6 Å². The number of guanidine groups is 1. The third-order valence-corrected chi connectivity index (χ3v) is 3.70. The van der Waals surface area contributed by atoms with Crippen LogP contribution in [-0.2, 0) is 13.6 Å². The molecule has 0 spiro atoms. The molecule has 0 saturated heterocycles. The monoisotopic (exact) mass is 442 g/mol. The van der Waals surface area contributed by atoms with E-state index in [0.717, 1.165) is 18.3 Å². The number of nitrogens with one attached hydrogen (secondary N) is 1. The fourth-order valence-electron chi connectivity index (χ4n) is 2.33. The van der Waals surface area contributed by atoms with Crippen molar-refractivity contribution in [1.82, 2.24) is 14.8 Å². The van der Waals surface area contributed by atoms with Crippen molar-refractivity contribution < 1.29 is 4.74 Å². The molecule has 1 N–H and O–H groups in total. The number of aromatic nitrogens is 1. The Bertz CT molecular complexity index is 637. The van der Waals surface area contributed by atoms with Gasteiger partial charge in [0.25, 0.3) is 0 Å². The van der Waals surface area contributed by atoms with Gasteiger partial charge < -0.3 is 19.5 Å². The van der Waals surface area contributed by atoms with E-state index in [0.29, 0.717) is 13.2 Å². The predicted molar refractivity (Wildman–Crippen MR) is 110 cm³/mol. The summed E-state index contributed by atoms with van der Waals surface area (Å²) in [5.41, 5.74) is 2.48. The fraction of sp³-hybridized carbons (Fsp3) is 0.389. The summed E-state index contributed by atoms with van der Waals surface area (Å²) in [5.74, 6) is 1.75. The molecule has 0 fully saturated rings. The van der Waals surface area contributed by atoms with Gasteiger partial charge in [0.2, 0.25) is 0 Å². The van der Waals surface area contributed by atoms with Crippen molar-refractivity contribution in [3.05, 3.63) is 53.9 Å². The number of aliphatic imine (C=N–C) groups is 1. The van der Waals surface area contributed by atoms with E-state index in [9.17, 15) is 0 Å². The molecule has 0 aliphatic carbocycles. The maximum Gasteiger partial charge on any atom is 0.193 e. The van der Waals surface area contributed by atoms with E-state index in [1.165, 1.54) is 11.3 Å². The van der Waals surface area contributed by atoms with Crippen LogP contribution in [0.1, 0.15) is 11.3 Å². The number of hydrogen-bond donors (Lipinski definition) is 1. The summed E-state index contributed by atoms with van der Waals surface area (Å²) >= 11 is 0. The SMILES string of the molecule is CN=C(NCCOc1ccc(C)cc1)N(C)Cc1cccn1C.I. The first kappa shape index (κ1) is 20.3. The molecule has 2 aromatic rings. The van der Waals surface area contributed by atoms with Gasteiger partial charge in [0.15, 0.2) is 5.96 Å². The molecule has 1 heterocycles. The van der Waals surface area contributed by atoms with Crippen molar-refractivity contribution >= 4 is 29.9 Å². The minimum atomic E-state index is 0. The van der Waals surface area contributed by atoms with Crippen molar-refractivity contribution in [1.29, 1.82) is 0 Å². The lowest BCUT2D eigenvalue weighted by molar-refractivity contribution is 0.319. The zero-order chi connectivity index (χ0) is 16.7. The Morgan fingerprint density at radius 3 is 2.54 bits per heavy atom. The Balaban J connectivity index is 0.00000288. The van der Waals surface area contributed by atoms with Crippen LogP contribution in [0.3, 0.4) is 0 Å². The third kappa shape index (κ3) is 6.07. The lowest BCUT2D eigenvalue weighted by Crippen LogP contribution is -2.40. The van der Waals surface area contributed by atoms with Crippen LogP contribution in [0.4, 0.5) is 0 Å². The number of nitrogens with zero attached hydrogens (tertiary/aromatic N) is 3. The van der Waals surface area contributed by atoms with Crippen molar-refractivity contribution in [2.45, 2.75) is 13.5 Å². The highest BCUT2D eigenvalue weighted by Gasteiger charge is 2.07. The highest BCUT2D eigenvalue weighted by molar-refractivity contribution is 14.0. The molecule has 0 amide bonds. The maximum atomic E-state index is 5.72. The lowest BCUT2D eigenvalue weighted by atomic mass is 10.2. The molecule has 1 aromatic carbocycles. The Morgan fingerprint density at radius 2 is 1.96 bits per heavy atom. The summed E-state index contributed by atoms with van der Waals surface area (Å²) in [5, 5.41) is 3.32. The van der Waals surface area contributed by atoms with Gasteiger partial charge in [-0.15, -0.1) is 24.0 Å². The van der Waals surface area contributed by atoms with E-state index < -0.39 is 0 Å². The Morgan fingerprint density at radius 1 is 1.25 bits per heavy atom. The topological polar surface area (TPSA) is 41.8 Å². The highest BCUT2D eigenvalue weighted by Crippen LogP contribution is 2.10. The first-order chi connectivity index (χ1) is 11.1. The minimum absolute atomic E-state index is 0. The van der Waals surface area contributed by atoms with Crippen molar-refractivity contribution in [3.63, 3.8) is 0 Å². The van der Waals surface area contributed by atoms with Crippen LogP contribution in [0.5, 0.6) is 5.75 Å². The van der Waals surface area contributed by atoms with Gasteiger partial charge in [-0.25, -0.2) is 0 Å². The second-order valence-corrected chi connectivity index (χ2v) is 5.60. The van der Waals surface area contributed by atoms with Gasteiger partial charge in [0, 0.05) is 33.0 Å². The van der Waals surface area contributed by atoms with Crippen LogP contribution in [-0.4, -0.2) is 42.7 Å². The molecule has 1 aromatic heterocycles. The summed E-state index contributed by atoms with van der Waals surface area (Å²) in [6.45, 7) is 4.18. The standard InChI is InChI=1S/C18H26N4O.HI/c1-15-7-9-17(10-8-15)23-13-11-20-18(19-2)22(4)14-16-6-5-12-21(16)3;/h5-10,12H,11,13-14H2,1-4H3,(H,19,20);1H. The van der Waals surface area contributed by atoms with Crippen LogP contribution in [0, 0.1) is 6.92 Å². The van der Waals surface area contributed by atoms with Crippen LogP contribution >= 0.6 is 24.0 Å². The quantitative estimate of drug-likeness (QED) is 0.324. The summed E-state index contributed by atoms with van der Waals surface area (Å²) in [4.78, 5) is 6.42. The van der Waals surface area contributed by atoms with Gasteiger partial charge >= 0.3 is 0 Å². The molecule has 2 rings (SSSR count). The van der Waals surface area contributed by atoms with Crippen molar-refractivity contribution in [2.24, 2.45) is 12.0 Å². The van der Waals surface area contributed by atoms with Gasteiger partial charge in [0.1, 0.15) is 12.4 Å². The predicted octanol–water partition coefficient (Wildman–Crippen LogP) is 3.04. The molecule has 24 heavy (non-hydrogen) atoms. The van der Waals surface area contributed by atoms with E-state index >= 15 is 0 Å². The minimum Gasteiger partial charge on any atom is -0.492 e. The average molecular weight is 442 g/mol. The smallest absolute Gasteiger partial charge is 0.193 e. The van der Waals surface area contributed by atoms with Crippen LogP contribution in [0.2, 0.25) is 0 Å². The van der Waals surface area contributed by atoms with E-state index in [2.05, 4.69) is 64.2 Å². The molecule has 5 nitrogen and oxygen atoms in total. The molecule has 0 bridgehead atoms. The number of halogens is 1. The zero-order valence-corrected chi connectivity index (χ0v) is 17.2. The average Bonchev–Trinajstić information content (AvgIpc) is 2.94. The summed E-state index contributed by atoms with van der Waals surface area (Å²) in [6, 6.07) is 12.3. The molecule has 0 unspecified atom stereocenters. The van der Waals surface area contributed by atoms with E-state index in [-0.39, 0.29) is 24.0 Å². The lowest BCUT2D eigenvalue weighted by Gasteiger charge is -2.22. The Labute approximate surface area is 161 Å². The van der Waals surface area contributed by atoms with Gasteiger partial charge in [-0.3, -0.25) is 4.99 Å². The molecule has 0 aliphatic rings. The molecule has 0 saturated carbocycles. The highest BCUT2D eigenvalue weighted by atomic mass is 127. The molecule has 132 valence electrons. The summed E-state index contributed by atoms with van der Waals surface area (Å²) < 4.78 is 7.84. The van der Waals surface area contributed by atoms with E-state index in [1.54, 1.807) is 7.05 Å². The largest absolute Gasteiger partial charge is 0.492 e.